The summed E-state index contributed by atoms with van der Waals surface area (Å²) in [6.07, 6.45) is 4.74. The fourth-order valence-electron chi connectivity index (χ4n) is 4.54. The molecule has 2 aromatic carbocycles. The van der Waals surface area contributed by atoms with Crippen molar-refractivity contribution in [2.75, 3.05) is 19.6 Å². The lowest BCUT2D eigenvalue weighted by Gasteiger charge is -2.27. The van der Waals surface area contributed by atoms with Crippen LogP contribution in [-0.4, -0.2) is 43.2 Å². The Bertz CT molecular complexity index is 1040. The molecule has 0 aliphatic carbocycles. The van der Waals surface area contributed by atoms with Crippen molar-refractivity contribution in [2.45, 2.75) is 56.9 Å². The quantitative estimate of drug-likeness (QED) is 0.725. The minimum atomic E-state index is -3.56. The summed E-state index contributed by atoms with van der Waals surface area (Å²) in [4.78, 5) is 15.5. The molecule has 0 radical (unpaired) electrons. The van der Waals surface area contributed by atoms with Gasteiger partial charge < -0.3 is 4.90 Å². The van der Waals surface area contributed by atoms with Crippen LogP contribution in [-0.2, 0) is 10.0 Å². The number of likely N-dealkylation sites (tertiary alicyclic amines) is 1. The van der Waals surface area contributed by atoms with E-state index in [0.717, 1.165) is 37.7 Å². The van der Waals surface area contributed by atoms with Gasteiger partial charge in [0.25, 0.3) is 5.91 Å². The highest BCUT2D eigenvalue weighted by Crippen LogP contribution is 2.34. The van der Waals surface area contributed by atoms with Crippen molar-refractivity contribution in [2.24, 2.45) is 0 Å². The number of sulfonamides is 1. The van der Waals surface area contributed by atoms with Crippen LogP contribution in [0.25, 0.3) is 0 Å². The number of hydrogen-bond donors (Lipinski definition) is 0. The molecule has 2 heterocycles. The van der Waals surface area contributed by atoms with Crippen LogP contribution in [0.3, 0.4) is 0 Å². The zero-order valence-corrected chi connectivity index (χ0v) is 18.6. The Labute approximate surface area is 179 Å². The summed E-state index contributed by atoms with van der Waals surface area (Å²) in [6, 6.07) is 13.0. The fraction of sp³-hybridized carbons (Fsp3) is 0.458. The summed E-state index contributed by atoms with van der Waals surface area (Å²) in [5, 5.41) is 0. The molecule has 1 unspecified atom stereocenters. The molecule has 1 atom stereocenters. The lowest BCUT2D eigenvalue weighted by atomic mass is 9.99. The monoisotopic (exact) mass is 426 g/mol. The Morgan fingerprint density at radius 1 is 0.900 bits per heavy atom. The normalized spacial score (nSPS) is 20.5. The van der Waals surface area contributed by atoms with Gasteiger partial charge in [0.1, 0.15) is 0 Å². The van der Waals surface area contributed by atoms with E-state index in [9.17, 15) is 13.2 Å². The number of hydrogen-bond acceptors (Lipinski definition) is 3. The van der Waals surface area contributed by atoms with Crippen molar-refractivity contribution >= 4 is 15.9 Å². The molecule has 0 saturated carbocycles. The predicted molar refractivity (Wildman–Crippen MR) is 118 cm³/mol. The number of nitrogens with zero attached hydrogens (tertiary/aromatic N) is 2. The van der Waals surface area contributed by atoms with Gasteiger partial charge >= 0.3 is 0 Å². The summed E-state index contributed by atoms with van der Waals surface area (Å²) in [5.74, 6) is -0.0913. The highest BCUT2D eigenvalue weighted by atomic mass is 32.2. The number of piperidine rings is 1. The zero-order chi connectivity index (χ0) is 21.3. The number of benzene rings is 2. The van der Waals surface area contributed by atoms with Gasteiger partial charge in [0, 0.05) is 25.2 Å². The number of aryl methyl sites for hydroxylation is 2. The maximum Gasteiger partial charge on any atom is 0.254 e. The van der Waals surface area contributed by atoms with Crippen molar-refractivity contribution in [3.63, 3.8) is 0 Å². The standard InChI is InChI=1S/C24H30N2O3S/c1-18-11-12-20(16-19(18)2)23-10-7-15-26(23)24(27)21-8-6-9-22(17-21)30(28,29)25-13-4-3-5-14-25/h6,8-9,11-12,16-17,23H,3-5,7,10,13-15H2,1-2H3. The van der Waals surface area contributed by atoms with E-state index in [-0.39, 0.29) is 16.8 Å². The molecular weight excluding hydrogens is 396 g/mol. The van der Waals surface area contributed by atoms with Gasteiger partial charge in [0.05, 0.1) is 10.9 Å². The van der Waals surface area contributed by atoms with E-state index >= 15 is 0 Å². The first-order valence-electron chi connectivity index (χ1n) is 10.9. The van der Waals surface area contributed by atoms with Crippen molar-refractivity contribution < 1.29 is 13.2 Å². The van der Waals surface area contributed by atoms with Crippen molar-refractivity contribution in [1.82, 2.24) is 9.21 Å². The molecular formula is C24H30N2O3S. The van der Waals surface area contributed by atoms with Crippen LogP contribution in [0.1, 0.15) is 65.2 Å². The Kier molecular flexibility index (Phi) is 5.98. The third-order valence-electron chi connectivity index (χ3n) is 6.46. The molecule has 0 bridgehead atoms. The van der Waals surface area contributed by atoms with E-state index in [1.54, 1.807) is 28.6 Å². The van der Waals surface area contributed by atoms with Gasteiger partial charge in [-0.25, -0.2) is 8.42 Å². The molecule has 2 saturated heterocycles. The first-order chi connectivity index (χ1) is 14.4. The molecule has 0 spiro atoms. The summed E-state index contributed by atoms with van der Waals surface area (Å²) < 4.78 is 27.6. The van der Waals surface area contributed by atoms with E-state index in [2.05, 4.69) is 32.0 Å². The molecule has 6 heteroatoms. The summed E-state index contributed by atoms with van der Waals surface area (Å²) >= 11 is 0. The number of carbonyl (C=O) groups excluding carboxylic acids is 1. The second-order valence-electron chi connectivity index (χ2n) is 8.49. The predicted octanol–water partition coefficient (Wildman–Crippen LogP) is 4.46. The zero-order valence-electron chi connectivity index (χ0n) is 17.8. The minimum Gasteiger partial charge on any atom is -0.332 e. The Morgan fingerprint density at radius 3 is 2.40 bits per heavy atom. The molecule has 2 aromatic rings. The third-order valence-corrected chi connectivity index (χ3v) is 8.36. The lowest BCUT2D eigenvalue weighted by Crippen LogP contribution is -2.36. The van der Waals surface area contributed by atoms with Crippen LogP contribution < -0.4 is 0 Å². The molecule has 4 rings (SSSR count). The van der Waals surface area contributed by atoms with Gasteiger partial charge in [-0.1, -0.05) is 30.7 Å². The summed E-state index contributed by atoms with van der Waals surface area (Å²) in [6.45, 7) is 5.99. The lowest BCUT2D eigenvalue weighted by molar-refractivity contribution is 0.0735. The smallest absolute Gasteiger partial charge is 0.254 e. The molecule has 0 N–H and O–H groups in total. The maximum atomic E-state index is 13.4. The van der Waals surface area contributed by atoms with Gasteiger partial charge in [0.15, 0.2) is 0 Å². The third kappa shape index (κ3) is 4.03. The molecule has 5 nitrogen and oxygen atoms in total. The molecule has 2 aliphatic rings. The molecule has 30 heavy (non-hydrogen) atoms. The van der Waals surface area contributed by atoms with Crippen molar-refractivity contribution in [1.29, 1.82) is 0 Å². The first kappa shape index (κ1) is 21.1. The van der Waals surface area contributed by atoms with Gasteiger partial charge in [-0.2, -0.15) is 4.31 Å². The highest BCUT2D eigenvalue weighted by Gasteiger charge is 2.32. The molecule has 160 valence electrons. The Balaban J connectivity index is 1.60. The Morgan fingerprint density at radius 2 is 1.67 bits per heavy atom. The molecule has 2 aliphatic heterocycles. The number of carbonyl (C=O) groups is 1. The van der Waals surface area contributed by atoms with Crippen LogP contribution in [0.5, 0.6) is 0 Å². The topological polar surface area (TPSA) is 57.7 Å². The average molecular weight is 427 g/mol. The second-order valence-corrected chi connectivity index (χ2v) is 10.4. The first-order valence-corrected chi connectivity index (χ1v) is 12.3. The fourth-order valence-corrected chi connectivity index (χ4v) is 6.10. The van der Waals surface area contributed by atoms with E-state index in [1.165, 1.54) is 11.1 Å². The Hall–Kier alpha value is -2.18. The minimum absolute atomic E-state index is 0.0409. The van der Waals surface area contributed by atoms with Crippen LogP contribution in [0, 0.1) is 13.8 Å². The van der Waals surface area contributed by atoms with E-state index in [0.29, 0.717) is 25.2 Å². The van der Waals surface area contributed by atoms with E-state index in [1.807, 2.05) is 4.90 Å². The largest absolute Gasteiger partial charge is 0.332 e. The SMILES string of the molecule is Cc1ccc(C2CCCN2C(=O)c2cccc(S(=O)(=O)N3CCCCC3)c2)cc1C. The summed E-state index contributed by atoms with van der Waals surface area (Å²) in [5.41, 5.74) is 4.07. The molecule has 1 amide bonds. The summed E-state index contributed by atoms with van der Waals surface area (Å²) in [7, 11) is -3.56. The highest BCUT2D eigenvalue weighted by molar-refractivity contribution is 7.89. The van der Waals surface area contributed by atoms with Gasteiger partial charge in [0.2, 0.25) is 10.0 Å². The van der Waals surface area contributed by atoms with Crippen molar-refractivity contribution in [3.05, 3.63) is 64.7 Å². The molecule has 0 aromatic heterocycles. The maximum absolute atomic E-state index is 13.4. The van der Waals surface area contributed by atoms with Crippen LogP contribution >= 0.6 is 0 Å². The van der Waals surface area contributed by atoms with Gasteiger partial charge in [-0.3, -0.25) is 4.79 Å². The van der Waals surface area contributed by atoms with Crippen LogP contribution in [0.15, 0.2) is 47.4 Å². The van der Waals surface area contributed by atoms with E-state index in [4.69, 9.17) is 0 Å². The molecule has 2 fully saturated rings. The number of rotatable bonds is 4. The average Bonchev–Trinajstić information content (AvgIpc) is 3.26. The van der Waals surface area contributed by atoms with Gasteiger partial charge in [-0.05, 0) is 74.4 Å². The van der Waals surface area contributed by atoms with E-state index < -0.39 is 10.0 Å². The number of amides is 1. The van der Waals surface area contributed by atoms with Gasteiger partial charge in [-0.15, -0.1) is 0 Å². The van der Waals surface area contributed by atoms with Crippen LogP contribution in [0.2, 0.25) is 0 Å². The van der Waals surface area contributed by atoms with Crippen molar-refractivity contribution in [3.8, 4) is 0 Å². The van der Waals surface area contributed by atoms with Crippen LogP contribution in [0.4, 0.5) is 0 Å². The second kappa shape index (κ2) is 8.52.